The molecular weight excluding hydrogens is 593 g/mol. The summed E-state index contributed by atoms with van der Waals surface area (Å²) in [6.07, 6.45) is 7.39. The Morgan fingerprint density at radius 2 is 1.27 bits per heavy atom. The summed E-state index contributed by atoms with van der Waals surface area (Å²) in [5.41, 5.74) is 16.0. The molecule has 1 aliphatic carbocycles. The number of hydrogen-bond acceptors (Lipinski definition) is 2. The predicted octanol–water partition coefficient (Wildman–Crippen LogP) is 9.82. The van der Waals surface area contributed by atoms with Crippen molar-refractivity contribution in [1.82, 2.24) is 4.57 Å². The smallest absolute Gasteiger partial charge is 0.252 e. The normalized spacial score (nSPS) is 16.1. The van der Waals surface area contributed by atoms with E-state index in [0.717, 1.165) is 6.42 Å². The minimum absolute atomic E-state index is 0.0800. The van der Waals surface area contributed by atoms with Crippen LogP contribution >= 0.6 is 0 Å². The standard InChI is InChI=1S/C45H40BN3/c1-3-31-16-14-21-37-44(31)49(45(2)28-12-5-13-29-45)41-25-15-24-40-43(41)46(37)36-27-26-33(30-42(36)47(40)32-17-6-4-7-18-32)48-38-22-10-8-19-34(38)35-20-9-11-23-39(35)48/h4,6-11,14-27,30H,3,5,12-13,28-29H2,1-2H3. The van der Waals surface area contributed by atoms with Crippen molar-refractivity contribution in [3.05, 3.63) is 139 Å². The lowest BCUT2D eigenvalue weighted by Crippen LogP contribution is -2.64. The highest BCUT2D eigenvalue weighted by atomic mass is 15.2. The molecule has 7 aromatic rings. The number of nitrogens with zero attached hydrogens (tertiary/aromatic N) is 3. The van der Waals surface area contributed by atoms with Crippen molar-refractivity contribution >= 4 is 73.3 Å². The highest BCUT2D eigenvalue weighted by Gasteiger charge is 2.47. The summed E-state index contributed by atoms with van der Waals surface area (Å²) in [5.74, 6) is 0. The molecule has 0 radical (unpaired) electrons. The van der Waals surface area contributed by atoms with Crippen molar-refractivity contribution in [1.29, 1.82) is 0 Å². The van der Waals surface area contributed by atoms with Crippen molar-refractivity contribution in [2.75, 3.05) is 9.80 Å². The van der Waals surface area contributed by atoms with Gasteiger partial charge in [-0.3, -0.25) is 0 Å². The van der Waals surface area contributed by atoms with Crippen LogP contribution in [0.5, 0.6) is 0 Å². The molecule has 1 saturated carbocycles. The van der Waals surface area contributed by atoms with Gasteiger partial charge in [-0.2, -0.15) is 0 Å². The number of rotatable bonds is 4. The Bertz CT molecular complexity index is 2350. The maximum absolute atomic E-state index is 2.80. The van der Waals surface area contributed by atoms with Gasteiger partial charge in [0.2, 0.25) is 0 Å². The van der Waals surface area contributed by atoms with Gasteiger partial charge in [-0.15, -0.1) is 0 Å². The predicted molar refractivity (Wildman–Crippen MR) is 210 cm³/mol. The van der Waals surface area contributed by atoms with E-state index in [9.17, 15) is 0 Å². The summed E-state index contributed by atoms with van der Waals surface area (Å²) in [4.78, 5) is 5.34. The van der Waals surface area contributed by atoms with Crippen LogP contribution in [0.15, 0.2) is 133 Å². The molecule has 2 aliphatic heterocycles. The molecule has 0 saturated heterocycles. The van der Waals surface area contributed by atoms with E-state index in [1.54, 1.807) is 0 Å². The average Bonchev–Trinajstić information content (AvgIpc) is 3.49. The number of fused-ring (bicyclic) bond motifs is 7. The van der Waals surface area contributed by atoms with E-state index in [1.165, 1.54) is 110 Å². The van der Waals surface area contributed by atoms with Crippen molar-refractivity contribution in [3.63, 3.8) is 0 Å². The lowest BCUT2D eigenvalue weighted by atomic mass is 9.33. The molecule has 3 aliphatic rings. The molecule has 49 heavy (non-hydrogen) atoms. The molecule has 0 atom stereocenters. The third kappa shape index (κ3) is 4.10. The Morgan fingerprint density at radius 3 is 2.00 bits per heavy atom. The SMILES string of the molecule is CCc1cccc2c1N(C1(C)CCCCC1)c1cccc3c1B2c1ccc(-n2c4ccccc4c4ccccc42)cc1N3c1ccccc1. The lowest BCUT2D eigenvalue weighted by molar-refractivity contribution is 0.318. The second kappa shape index (κ2) is 10.9. The van der Waals surface area contributed by atoms with Crippen LogP contribution < -0.4 is 26.2 Å². The number of anilines is 5. The number of hydrogen-bond donors (Lipinski definition) is 0. The Kier molecular flexibility index (Phi) is 6.40. The molecule has 10 rings (SSSR count). The third-order valence-electron chi connectivity index (χ3n) is 11.8. The molecule has 3 nitrogen and oxygen atoms in total. The molecule has 4 heteroatoms. The van der Waals surface area contributed by atoms with Crippen molar-refractivity contribution in [3.8, 4) is 5.69 Å². The van der Waals surface area contributed by atoms with Gasteiger partial charge in [0.25, 0.3) is 6.71 Å². The molecular formula is C45H40BN3. The van der Waals surface area contributed by atoms with Crippen LogP contribution in [-0.4, -0.2) is 16.8 Å². The van der Waals surface area contributed by atoms with Gasteiger partial charge in [0, 0.05) is 50.4 Å². The maximum atomic E-state index is 2.80. The molecule has 0 amide bonds. The van der Waals surface area contributed by atoms with Gasteiger partial charge in [0.1, 0.15) is 0 Å². The number of aromatic nitrogens is 1. The minimum atomic E-state index is 0.0800. The zero-order chi connectivity index (χ0) is 32.7. The van der Waals surface area contributed by atoms with Gasteiger partial charge >= 0.3 is 0 Å². The summed E-state index contributed by atoms with van der Waals surface area (Å²) < 4.78 is 2.45. The van der Waals surface area contributed by atoms with Crippen molar-refractivity contribution < 1.29 is 0 Å². The van der Waals surface area contributed by atoms with Crippen molar-refractivity contribution in [2.45, 2.75) is 57.9 Å². The largest absolute Gasteiger partial charge is 0.336 e. The second-order valence-electron chi connectivity index (χ2n) is 14.5. The highest BCUT2D eigenvalue weighted by molar-refractivity contribution is 7.00. The highest BCUT2D eigenvalue weighted by Crippen LogP contribution is 2.48. The summed E-state index contributed by atoms with van der Waals surface area (Å²) >= 11 is 0. The van der Waals surface area contributed by atoms with Gasteiger partial charge in [-0.25, -0.2) is 0 Å². The van der Waals surface area contributed by atoms with E-state index in [4.69, 9.17) is 0 Å². The fraction of sp³-hybridized carbons (Fsp3) is 0.200. The molecule has 0 bridgehead atoms. The fourth-order valence-electron chi connectivity index (χ4n) is 9.62. The third-order valence-corrected chi connectivity index (χ3v) is 11.8. The monoisotopic (exact) mass is 633 g/mol. The van der Waals surface area contributed by atoms with E-state index >= 15 is 0 Å². The Hall–Kier alpha value is -5.22. The van der Waals surface area contributed by atoms with E-state index in [-0.39, 0.29) is 12.3 Å². The van der Waals surface area contributed by atoms with Crippen LogP contribution in [0.3, 0.4) is 0 Å². The van der Waals surface area contributed by atoms with E-state index < -0.39 is 0 Å². The van der Waals surface area contributed by atoms with E-state index in [1.807, 2.05) is 0 Å². The summed E-state index contributed by atoms with van der Waals surface area (Å²) in [7, 11) is 0. The lowest BCUT2D eigenvalue weighted by Gasteiger charge is -2.52. The summed E-state index contributed by atoms with van der Waals surface area (Å²) in [6.45, 7) is 5.01. The average molecular weight is 634 g/mol. The Morgan fingerprint density at radius 1 is 0.592 bits per heavy atom. The van der Waals surface area contributed by atoms with Crippen LogP contribution in [0, 0.1) is 0 Å². The van der Waals surface area contributed by atoms with E-state index in [0.29, 0.717) is 0 Å². The van der Waals surface area contributed by atoms with Gasteiger partial charge in [0.05, 0.1) is 11.0 Å². The zero-order valence-corrected chi connectivity index (χ0v) is 28.4. The van der Waals surface area contributed by atoms with Gasteiger partial charge in [0.15, 0.2) is 0 Å². The topological polar surface area (TPSA) is 11.4 Å². The molecule has 6 aromatic carbocycles. The van der Waals surface area contributed by atoms with Crippen LogP contribution in [0.25, 0.3) is 27.5 Å². The van der Waals surface area contributed by atoms with Crippen LogP contribution in [0.1, 0.15) is 51.5 Å². The number of benzene rings is 6. The fourth-order valence-corrected chi connectivity index (χ4v) is 9.62. The second-order valence-corrected chi connectivity index (χ2v) is 14.5. The van der Waals surface area contributed by atoms with Crippen LogP contribution in [0.4, 0.5) is 28.4 Å². The number of aryl methyl sites for hydroxylation is 1. The molecule has 3 heterocycles. The Balaban J connectivity index is 1.28. The first-order valence-corrected chi connectivity index (χ1v) is 18.2. The van der Waals surface area contributed by atoms with Gasteiger partial charge < -0.3 is 14.4 Å². The molecule has 1 aromatic heterocycles. The van der Waals surface area contributed by atoms with Crippen molar-refractivity contribution in [2.24, 2.45) is 0 Å². The minimum Gasteiger partial charge on any atom is -0.336 e. The maximum Gasteiger partial charge on any atom is 0.252 e. The molecule has 0 unspecified atom stereocenters. The summed E-state index contributed by atoms with van der Waals surface area (Å²) in [5, 5.41) is 2.57. The molecule has 238 valence electrons. The quantitative estimate of drug-likeness (QED) is 0.179. The Labute approximate surface area is 289 Å². The van der Waals surface area contributed by atoms with Crippen LogP contribution in [-0.2, 0) is 6.42 Å². The van der Waals surface area contributed by atoms with Gasteiger partial charge in [-0.05, 0) is 96.7 Å². The zero-order valence-electron chi connectivity index (χ0n) is 28.4. The number of para-hydroxylation sites is 4. The summed E-state index contributed by atoms with van der Waals surface area (Å²) in [6, 6.07) is 50.1. The molecule has 0 N–H and O–H groups in total. The molecule has 1 fully saturated rings. The first-order chi connectivity index (χ1) is 24.2. The first kappa shape index (κ1) is 28.8. The van der Waals surface area contributed by atoms with Gasteiger partial charge in [-0.1, -0.05) is 111 Å². The molecule has 0 spiro atoms. The first-order valence-electron chi connectivity index (χ1n) is 18.2. The van der Waals surface area contributed by atoms with E-state index in [2.05, 4.69) is 162 Å². The van der Waals surface area contributed by atoms with Crippen LogP contribution in [0.2, 0.25) is 0 Å².